The summed E-state index contributed by atoms with van der Waals surface area (Å²) in [5.41, 5.74) is 4.89. The van der Waals surface area contributed by atoms with E-state index in [4.69, 9.17) is 0 Å². The number of imide groups is 2. The number of carboxylic acid groups (broad SMARTS) is 2. The van der Waals surface area contributed by atoms with Gasteiger partial charge in [0.05, 0.1) is 9.49 Å². The predicted octanol–water partition coefficient (Wildman–Crippen LogP) is 10.4. The Hall–Kier alpha value is -8.06. The molecule has 2 aliphatic rings. The topological polar surface area (TPSA) is 149 Å². The SMILES string of the molecule is O=C(O)[C@H](CSC(c1ccccc1)(c1ccccc1)c1ccccc1)N1C(=O)c2ccc3c4c(ccc(c24)C1=O)C(=O)N([C@@H](CSC(c1ccccc1)(c1ccccc1)c1ccccc1)C(=O)O)C3=O. The average Bonchev–Trinajstić information content (AvgIpc) is 3.40. The first kappa shape index (κ1) is 45.7. The molecule has 0 spiro atoms. The highest BCUT2D eigenvalue weighted by atomic mass is 32.2. The molecule has 2 heterocycles. The Morgan fingerprint density at radius 3 is 0.743 bits per heavy atom. The van der Waals surface area contributed by atoms with Crippen molar-refractivity contribution in [1.29, 1.82) is 0 Å². The molecule has 0 unspecified atom stereocenters. The fourth-order valence-corrected chi connectivity index (χ4v) is 13.2. The number of hydrogen-bond donors (Lipinski definition) is 2. The number of carboxylic acids is 2. The van der Waals surface area contributed by atoms with Crippen molar-refractivity contribution in [2.24, 2.45) is 0 Å². The molecule has 0 bridgehead atoms. The van der Waals surface area contributed by atoms with Gasteiger partial charge < -0.3 is 10.2 Å². The summed E-state index contributed by atoms with van der Waals surface area (Å²) in [6.45, 7) is 0. The first-order valence-corrected chi connectivity index (χ1v) is 24.5. The van der Waals surface area contributed by atoms with Gasteiger partial charge in [0.1, 0.15) is 12.1 Å². The van der Waals surface area contributed by atoms with Crippen LogP contribution in [0.3, 0.4) is 0 Å². The minimum atomic E-state index is -1.65. The Balaban J connectivity index is 1.00. The molecule has 2 atom stereocenters. The van der Waals surface area contributed by atoms with E-state index >= 15 is 0 Å². The van der Waals surface area contributed by atoms with E-state index < -0.39 is 57.1 Å². The molecule has 70 heavy (non-hydrogen) atoms. The van der Waals surface area contributed by atoms with Crippen molar-refractivity contribution in [2.45, 2.75) is 21.6 Å². The zero-order chi connectivity index (χ0) is 48.6. The number of carbonyl (C=O) groups is 6. The van der Waals surface area contributed by atoms with Crippen molar-refractivity contribution >= 4 is 69.9 Å². The van der Waals surface area contributed by atoms with Crippen molar-refractivity contribution in [1.82, 2.24) is 9.80 Å². The fraction of sp³-hybridized carbons (Fsp3) is 0.103. The number of aliphatic carboxylic acids is 2. The maximum atomic E-state index is 14.7. The molecule has 2 N–H and O–H groups in total. The Morgan fingerprint density at radius 2 is 0.557 bits per heavy atom. The van der Waals surface area contributed by atoms with Gasteiger partial charge in [-0.15, -0.1) is 23.5 Å². The van der Waals surface area contributed by atoms with Crippen LogP contribution in [0.25, 0.3) is 10.8 Å². The smallest absolute Gasteiger partial charge is 0.327 e. The normalized spacial score (nSPS) is 14.4. The molecule has 4 amide bonds. The molecule has 12 heteroatoms. The van der Waals surface area contributed by atoms with Crippen molar-refractivity contribution in [3.05, 3.63) is 262 Å². The Kier molecular flexibility index (Phi) is 12.3. The largest absolute Gasteiger partial charge is 0.480 e. The van der Waals surface area contributed by atoms with Crippen molar-refractivity contribution in [2.75, 3.05) is 11.5 Å². The van der Waals surface area contributed by atoms with Crippen LogP contribution in [0.1, 0.15) is 74.8 Å². The maximum absolute atomic E-state index is 14.7. The van der Waals surface area contributed by atoms with Gasteiger partial charge >= 0.3 is 11.9 Å². The van der Waals surface area contributed by atoms with Gasteiger partial charge in [-0.1, -0.05) is 182 Å². The molecule has 8 aromatic carbocycles. The molecule has 0 fully saturated rings. The lowest BCUT2D eigenvalue weighted by Gasteiger charge is -2.39. The van der Waals surface area contributed by atoms with Gasteiger partial charge in [0, 0.05) is 44.5 Å². The molecule has 0 aliphatic carbocycles. The highest BCUT2D eigenvalue weighted by Gasteiger charge is 2.48. The summed E-state index contributed by atoms with van der Waals surface area (Å²) in [7, 11) is 0. The third kappa shape index (κ3) is 7.56. The highest BCUT2D eigenvalue weighted by Crippen LogP contribution is 2.51. The Labute approximate surface area is 411 Å². The van der Waals surface area contributed by atoms with E-state index in [-0.39, 0.29) is 44.5 Å². The lowest BCUT2D eigenvalue weighted by atomic mass is 9.84. The summed E-state index contributed by atoms with van der Waals surface area (Å²) in [6, 6.07) is 59.9. The summed E-state index contributed by atoms with van der Waals surface area (Å²) >= 11 is 2.58. The van der Waals surface area contributed by atoms with E-state index in [9.17, 15) is 39.0 Å². The third-order valence-corrected chi connectivity index (χ3v) is 16.4. The van der Waals surface area contributed by atoms with E-state index in [1.807, 2.05) is 182 Å². The predicted molar refractivity (Wildman–Crippen MR) is 271 cm³/mol. The molecule has 0 saturated carbocycles. The second-order valence-corrected chi connectivity index (χ2v) is 19.4. The second kappa shape index (κ2) is 18.8. The molecule has 2 aliphatic heterocycles. The minimum Gasteiger partial charge on any atom is -0.480 e. The van der Waals surface area contributed by atoms with Crippen LogP contribution < -0.4 is 0 Å². The zero-order valence-electron chi connectivity index (χ0n) is 37.3. The lowest BCUT2D eigenvalue weighted by Crippen LogP contribution is -2.53. The minimum absolute atomic E-state index is 0.0316. The number of nitrogens with zero attached hydrogens (tertiary/aromatic N) is 2. The van der Waals surface area contributed by atoms with Crippen LogP contribution >= 0.6 is 23.5 Å². The summed E-state index contributed by atoms with van der Waals surface area (Å²) in [4.78, 5) is 87.4. The van der Waals surface area contributed by atoms with E-state index in [0.717, 1.165) is 43.2 Å². The number of rotatable bonds is 16. The molecule has 10 rings (SSSR count). The first-order chi connectivity index (χ1) is 34.1. The standard InChI is InChI=1S/C58H42N2O8S2/c61-51-43-31-33-45-50-46(54(64)60(53(45)63)48(56(67)68)36-70-58(40-25-13-4-14-26-40,41-27-15-5-16-28-41)42-29-17-6-18-30-42)34-32-44(49(43)50)52(62)59(51)47(55(65)66)35-69-57(37-19-7-1-8-20-37,38-21-9-2-10-22-38)39-23-11-3-12-24-39/h1-34,47-48H,35-36H2,(H,65,66)(H,67,68)/t47-,48-/m0/s1. The molecule has 0 aromatic heterocycles. The maximum Gasteiger partial charge on any atom is 0.327 e. The van der Waals surface area contributed by atoms with Crippen LogP contribution in [0.2, 0.25) is 0 Å². The van der Waals surface area contributed by atoms with Gasteiger partial charge in [-0.2, -0.15) is 0 Å². The number of hydrogen-bond acceptors (Lipinski definition) is 8. The molecule has 344 valence electrons. The van der Waals surface area contributed by atoms with Gasteiger partial charge in [-0.3, -0.25) is 29.0 Å². The van der Waals surface area contributed by atoms with Gasteiger partial charge in [-0.05, 0) is 57.6 Å². The molecular formula is C58H42N2O8S2. The van der Waals surface area contributed by atoms with Gasteiger partial charge in [0.2, 0.25) is 0 Å². The quantitative estimate of drug-likeness (QED) is 0.0708. The zero-order valence-corrected chi connectivity index (χ0v) is 38.9. The Morgan fingerprint density at radius 1 is 0.357 bits per heavy atom. The first-order valence-electron chi connectivity index (χ1n) is 22.5. The molecular weight excluding hydrogens is 917 g/mol. The monoisotopic (exact) mass is 958 g/mol. The van der Waals surface area contributed by atoms with Gasteiger partial charge in [-0.25, -0.2) is 9.59 Å². The van der Waals surface area contributed by atoms with Crippen LogP contribution in [-0.4, -0.2) is 79.2 Å². The van der Waals surface area contributed by atoms with Crippen LogP contribution in [-0.2, 0) is 19.1 Å². The van der Waals surface area contributed by atoms with Crippen LogP contribution in [0, 0.1) is 0 Å². The number of carbonyl (C=O) groups excluding carboxylic acids is 4. The number of amides is 4. The van der Waals surface area contributed by atoms with E-state index in [1.54, 1.807) is 0 Å². The highest BCUT2D eigenvalue weighted by molar-refractivity contribution is 8.01. The number of benzene rings is 8. The van der Waals surface area contributed by atoms with Gasteiger partial charge in [0.15, 0.2) is 0 Å². The van der Waals surface area contributed by atoms with Gasteiger partial charge in [0.25, 0.3) is 23.6 Å². The summed E-state index contributed by atoms with van der Waals surface area (Å²) in [6.07, 6.45) is 0. The summed E-state index contributed by atoms with van der Waals surface area (Å²) in [5, 5.41) is 21.9. The van der Waals surface area contributed by atoms with E-state index in [0.29, 0.717) is 0 Å². The second-order valence-electron chi connectivity index (χ2n) is 16.9. The Bertz CT molecular complexity index is 2840. The fourth-order valence-electron chi connectivity index (χ4n) is 9.94. The molecule has 0 saturated heterocycles. The van der Waals surface area contributed by atoms with E-state index in [1.165, 1.54) is 47.8 Å². The van der Waals surface area contributed by atoms with Crippen molar-refractivity contribution in [3.8, 4) is 0 Å². The van der Waals surface area contributed by atoms with Crippen LogP contribution in [0.15, 0.2) is 206 Å². The van der Waals surface area contributed by atoms with Crippen LogP contribution in [0.5, 0.6) is 0 Å². The third-order valence-electron chi connectivity index (χ3n) is 13.1. The molecule has 10 nitrogen and oxygen atoms in total. The lowest BCUT2D eigenvalue weighted by molar-refractivity contribution is -0.141. The molecule has 8 aromatic rings. The van der Waals surface area contributed by atoms with Crippen molar-refractivity contribution < 1.29 is 39.0 Å². The molecule has 0 radical (unpaired) electrons. The average molecular weight is 959 g/mol. The van der Waals surface area contributed by atoms with Crippen molar-refractivity contribution in [3.63, 3.8) is 0 Å². The summed E-state index contributed by atoms with van der Waals surface area (Å²) < 4.78 is -1.94. The summed E-state index contributed by atoms with van der Waals surface area (Å²) in [5.74, 6) is -6.86. The van der Waals surface area contributed by atoms with E-state index in [2.05, 4.69) is 0 Å². The van der Waals surface area contributed by atoms with Crippen LogP contribution in [0.4, 0.5) is 0 Å². The number of thioether (sulfide) groups is 2.